The summed E-state index contributed by atoms with van der Waals surface area (Å²) in [6, 6.07) is 22.9. The van der Waals surface area contributed by atoms with Crippen LogP contribution in [0.2, 0.25) is 0 Å². The molecule has 0 radical (unpaired) electrons. The highest BCUT2D eigenvalue weighted by Crippen LogP contribution is 2.23. The SMILES string of the molecule is Cc1ccc(C)c(NC(=O)[C@H](OC(=O)COc2ccc(C#N)cc2)c2ccccc2)c1. The van der Waals surface area contributed by atoms with Crippen molar-refractivity contribution in [1.82, 2.24) is 0 Å². The molecule has 0 aliphatic heterocycles. The Kier molecular flexibility index (Phi) is 7.02. The molecule has 3 rings (SSSR count). The number of amides is 1. The first-order valence-corrected chi connectivity index (χ1v) is 9.72. The van der Waals surface area contributed by atoms with E-state index < -0.39 is 18.0 Å². The highest BCUT2D eigenvalue weighted by atomic mass is 16.6. The van der Waals surface area contributed by atoms with Crippen LogP contribution in [-0.4, -0.2) is 18.5 Å². The number of aryl methyl sites for hydroxylation is 2. The van der Waals surface area contributed by atoms with Crippen LogP contribution in [0.25, 0.3) is 0 Å². The Bertz CT molecular complexity index is 1100. The molecule has 0 spiro atoms. The van der Waals surface area contributed by atoms with Gasteiger partial charge in [-0.25, -0.2) is 4.79 Å². The fraction of sp³-hybridized carbons (Fsp3) is 0.160. The number of nitrogens with one attached hydrogen (secondary N) is 1. The smallest absolute Gasteiger partial charge is 0.345 e. The number of carbonyl (C=O) groups excluding carboxylic acids is 2. The van der Waals surface area contributed by atoms with Gasteiger partial charge in [0.15, 0.2) is 6.61 Å². The van der Waals surface area contributed by atoms with Crippen molar-refractivity contribution in [2.45, 2.75) is 20.0 Å². The molecular weight excluding hydrogens is 392 g/mol. The molecule has 0 aromatic heterocycles. The largest absolute Gasteiger partial charge is 0.482 e. The first-order chi connectivity index (χ1) is 15.0. The lowest BCUT2D eigenvalue weighted by molar-refractivity contribution is -0.156. The van der Waals surface area contributed by atoms with Crippen molar-refractivity contribution in [2.24, 2.45) is 0 Å². The first-order valence-electron chi connectivity index (χ1n) is 9.72. The Morgan fingerprint density at radius 2 is 1.71 bits per heavy atom. The third kappa shape index (κ3) is 5.94. The summed E-state index contributed by atoms with van der Waals surface area (Å²) in [7, 11) is 0. The predicted octanol–water partition coefficient (Wildman–Crippen LogP) is 4.48. The molecule has 0 aliphatic rings. The van der Waals surface area contributed by atoms with E-state index in [1.807, 2.05) is 44.2 Å². The first kappa shape index (κ1) is 21.6. The van der Waals surface area contributed by atoms with E-state index in [9.17, 15) is 9.59 Å². The van der Waals surface area contributed by atoms with Gasteiger partial charge in [0.2, 0.25) is 6.10 Å². The zero-order valence-corrected chi connectivity index (χ0v) is 17.3. The van der Waals surface area contributed by atoms with E-state index in [4.69, 9.17) is 14.7 Å². The molecule has 3 aromatic carbocycles. The van der Waals surface area contributed by atoms with Crippen LogP contribution >= 0.6 is 0 Å². The summed E-state index contributed by atoms with van der Waals surface area (Å²) in [6.07, 6.45) is -1.13. The highest BCUT2D eigenvalue weighted by molar-refractivity contribution is 5.96. The summed E-state index contributed by atoms with van der Waals surface area (Å²) in [4.78, 5) is 25.4. The Morgan fingerprint density at radius 1 is 1.00 bits per heavy atom. The van der Waals surface area contributed by atoms with Crippen LogP contribution in [0.5, 0.6) is 5.75 Å². The molecular formula is C25H22N2O4. The number of rotatable bonds is 7. The van der Waals surface area contributed by atoms with Gasteiger partial charge in [-0.15, -0.1) is 0 Å². The summed E-state index contributed by atoms with van der Waals surface area (Å²) in [5, 5.41) is 11.7. The molecule has 156 valence electrons. The van der Waals surface area contributed by atoms with Crippen molar-refractivity contribution in [3.8, 4) is 11.8 Å². The molecule has 0 fully saturated rings. The highest BCUT2D eigenvalue weighted by Gasteiger charge is 2.25. The van der Waals surface area contributed by atoms with Crippen molar-refractivity contribution in [1.29, 1.82) is 5.26 Å². The topological polar surface area (TPSA) is 88.4 Å². The third-order valence-corrected chi connectivity index (χ3v) is 4.58. The van der Waals surface area contributed by atoms with Gasteiger partial charge in [-0.05, 0) is 55.3 Å². The molecule has 0 bridgehead atoms. The van der Waals surface area contributed by atoms with Crippen molar-refractivity contribution < 1.29 is 19.1 Å². The minimum absolute atomic E-state index is 0.369. The zero-order chi connectivity index (χ0) is 22.2. The third-order valence-electron chi connectivity index (χ3n) is 4.58. The minimum Gasteiger partial charge on any atom is -0.482 e. The monoisotopic (exact) mass is 414 g/mol. The maximum Gasteiger partial charge on any atom is 0.345 e. The number of carbonyl (C=O) groups is 2. The summed E-state index contributed by atoms with van der Waals surface area (Å²) < 4.78 is 10.9. The summed E-state index contributed by atoms with van der Waals surface area (Å²) in [5.74, 6) is -0.715. The van der Waals surface area contributed by atoms with Gasteiger partial charge in [-0.2, -0.15) is 5.26 Å². The average Bonchev–Trinajstić information content (AvgIpc) is 2.79. The van der Waals surface area contributed by atoms with E-state index in [2.05, 4.69) is 5.32 Å². The Balaban J connectivity index is 1.71. The molecule has 6 heteroatoms. The summed E-state index contributed by atoms with van der Waals surface area (Å²) in [6.45, 7) is 3.46. The lowest BCUT2D eigenvalue weighted by Crippen LogP contribution is -2.28. The summed E-state index contributed by atoms with van der Waals surface area (Å²) in [5.41, 5.74) is 3.61. The van der Waals surface area contributed by atoms with Gasteiger partial charge >= 0.3 is 5.97 Å². The minimum atomic E-state index is -1.13. The van der Waals surface area contributed by atoms with Crippen molar-refractivity contribution >= 4 is 17.6 Å². The van der Waals surface area contributed by atoms with Crippen LogP contribution in [-0.2, 0) is 14.3 Å². The van der Waals surface area contributed by atoms with Gasteiger partial charge < -0.3 is 14.8 Å². The van der Waals surface area contributed by atoms with Crippen LogP contribution in [0, 0.1) is 25.2 Å². The van der Waals surface area contributed by atoms with Crippen molar-refractivity contribution in [3.63, 3.8) is 0 Å². The van der Waals surface area contributed by atoms with E-state index in [0.29, 0.717) is 22.6 Å². The van der Waals surface area contributed by atoms with E-state index >= 15 is 0 Å². The standard InChI is InChI=1S/C25H22N2O4/c1-17-8-9-18(2)22(14-17)27-25(29)24(20-6-4-3-5-7-20)31-23(28)16-30-21-12-10-19(15-26)11-13-21/h3-14,24H,16H2,1-2H3,(H,27,29)/t24-/m1/s1. The quantitative estimate of drug-likeness (QED) is 0.576. The van der Waals surface area contributed by atoms with E-state index in [0.717, 1.165) is 11.1 Å². The van der Waals surface area contributed by atoms with Crippen LogP contribution in [0.15, 0.2) is 72.8 Å². The van der Waals surface area contributed by atoms with Crippen LogP contribution < -0.4 is 10.1 Å². The number of hydrogen-bond donors (Lipinski definition) is 1. The maximum atomic E-state index is 13.0. The van der Waals surface area contributed by atoms with Crippen LogP contribution in [0.1, 0.15) is 28.4 Å². The van der Waals surface area contributed by atoms with E-state index in [1.165, 1.54) is 0 Å². The van der Waals surface area contributed by atoms with Gasteiger partial charge in [-0.3, -0.25) is 4.79 Å². The number of benzene rings is 3. The number of nitrogens with zero attached hydrogens (tertiary/aromatic N) is 1. The molecule has 6 nitrogen and oxygen atoms in total. The Morgan fingerprint density at radius 3 is 2.39 bits per heavy atom. The fourth-order valence-electron chi connectivity index (χ4n) is 2.90. The molecule has 31 heavy (non-hydrogen) atoms. The average molecular weight is 414 g/mol. The Labute approximate surface area is 181 Å². The lowest BCUT2D eigenvalue weighted by atomic mass is 10.1. The van der Waals surface area contributed by atoms with E-state index in [1.54, 1.807) is 48.5 Å². The molecule has 0 aliphatic carbocycles. The molecule has 0 saturated carbocycles. The predicted molar refractivity (Wildman–Crippen MR) is 116 cm³/mol. The zero-order valence-electron chi connectivity index (χ0n) is 17.3. The molecule has 0 saturated heterocycles. The number of nitriles is 1. The van der Waals surface area contributed by atoms with Gasteiger partial charge in [0.1, 0.15) is 5.75 Å². The number of hydrogen-bond acceptors (Lipinski definition) is 5. The van der Waals surface area contributed by atoms with Crippen LogP contribution in [0.3, 0.4) is 0 Å². The molecule has 1 amide bonds. The fourth-order valence-corrected chi connectivity index (χ4v) is 2.90. The van der Waals surface area contributed by atoms with Gasteiger partial charge in [0.25, 0.3) is 5.91 Å². The second-order valence-corrected chi connectivity index (χ2v) is 7.01. The second kappa shape index (κ2) is 10.1. The molecule has 0 unspecified atom stereocenters. The second-order valence-electron chi connectivity index (χ2n) is 7.01. The van der Waals surface area contributed by atoms with E-state index in [-0.39, 0.29) is 6.61 Å². The normalized spacial score (nSPS) is 11.1. The van der Waals surface area contributed by atoms with Gasteiger partial charge in [-0.1, -0.05) is 42.5 Å². The molecule has 3 aromatic rings. The number of anilines is 1. The summed E-state index contributed by atoms with van der Waals surface area (Å²) >= 11 is 0. The molecule has 1 N–H and O–H groups in total. The van der Waals surface area contributed by atoms with Crippen molar-refractivity contribution in [3.05, 3.63) is 95.1 Å². The van der Waals surface area contributed by atoms with Gasteiger partial charge in [0.05, 0.1) is 11.6 Å². The molecule has 1 atom stereocenters. The maximum absolute atomic E-state index is 13.0. The number of esters is 1. The Hall–Kier alpha value is -4.11. The van der Waals surface area contributed by atoms with Gasteiger partial charge in [0, 0.05) is 11.3 Å². The van der Waals surface area contributed by atoms with Crippen LogP contribution in [0.4, 0.5) is 5.69 Å². The lowest BCUT2D eigenvalue weighted by Gasteiger charge is -2.19. The molecule has 0 heterocycles. The van der Waals surface area contributed by atoms with Crippen molar-refractivity contribution in [2.75, 3.05) is 11.9 Å². The number of ether oxygens (including phenoxy) is 2.